The molecule has 0 bridgehead atoms. The van der Waals surface area contributed by atoms with Crippen LogP contribution < -0.4 is 5.32 Å². The third-order valence-corrected chi connectivity index (χ3v) is 6.50. The summed E-state index contributed by atoms with van der Waals surface area (Å²) in [5.41, 5.74) is 0. The van der Waals surface area contributed by atoms with Gasteiger partial charge in [0, 0.05) is 6.61 Å². The van der Waals surface area contributed by atoms with Crippen LogP contribution in [0.1, 0.15) is 39.0 Å². The quantitative estimate of drug-likeness (QED) is 0.710. The Bertz CT molecular complexity index is 208. The van der Waals surface area contributed by atoms with Crippen LogP contribution in [0.15, 0.2) is 0 Å². The van der Waals surface area contributed by atoms with Gasteiger partial charge in [0.05, 0.1) is 0 Å². The number of hydrogen-bond acceptors (Lipinski definition) is 2. The van der Waals surface area contributed by atoms with Gasteiger partial charge in [-0.25, -0.2) is 4.39 Å². The van der Waals surface area contributed by atoms with Crippen molar-refractivity contribution in [1.29, 1.82) is 0 Å². The van der Waals surface area contributed by atoms with E-state index in [9.17, 15) is 4.39 Å². The number of alkyl halides is 1. The Kier molecular flexibility index (Phi) is 6.66. The largest absolute Gasteiger partial charge is 0.414 e. The van der Waals surface area contributed by atoms with Crippen LogP contribution in [0.5, 0.6) is 0 Å². The lowest BCUT2D eigenvalue weighted by molar-refractivity contribution is 0.222. The monoisotopic (exact) mass is 261 g/mol. The summed E-state index contributed by atoms with van der Waals surface area (Å²) in [7, 11) is -2.09. The minimum atomic E-state index is -2.09. The highest BCUT2D eigenvalue weighted by Crippen LogP contribution is 2.21. The Balaban J connectivity index is 2.19. The van der Waals surface area contributed by atoms with Gasteiger partial charge in [-0.05, 0) is 57.8 Å². The van der Waals surface area contributed by atoms with Crippen LogP contribution in [0.25, 0.3) is 0 Å². The lowest BCUT2D eigenvalue weighted by Crippen LogP contribution is -2.42. The van der Waals surface area contributed by atoms with Crippen LogP contribution in [-0.4, -0.2) is 33.8 Å². The molecule has 0 aromatic rings. The Morgan fingerprint density at radius 3 is 2.59 bits per heavy atom. The van der Waals surface area contributed by atoms with E-state index in [1.165, 1.54) is 12.8 Å². The summed E-state index contributed by atoms with van der Waals surface area (Å²) in [6, 6.07) is 0. The average molecular weight is 261 g/mol. The first-order chi connectivity index (χ1) is 8.06. The molecule has 17 heavy (non-hydrogen) atoms. The molecule has 0 amide bonds. The van der Waals surface area contributed by atoms with Crippen LogP contribution in [0.2, 0.25) is 13.1 Å². The zero-order chi connectivity index (χ0) is 12.7. The summed E-state index contributed by atoms with van der Waals surface area (Å²) in [4.78, 5) is 0. The second-order valence-corrected chi connectivity index (χ2v) is 9.81. The standard InChI is InChI=1S/C13H28FNOSi/c1-4-5-13(14)17(2,3)16-11-8-12-6-9-15-10-7-12/h12-13,15H,4-11H2,1-3H3. The summed E-state index contributed by atoms with van der Waals surface area (Å²) in [6.07, 6.45) is 5.18. The molecule has 1 aliphatic heterocycles. The van der Waals surface area contributed by atoms with E-state index in [4.69, 9.17) is 4.43 Å². The van der Waals surface area contributed by atoms with Crippen molar-refractivity contribution in [3.05, 3.63) is 0 Å². The van der Waals surface area contributed by atoms with Gasteiger partial charge in [0.1, 0.15) is 5.79 Å². The third kappa shape index (κ3) is 5.49. The molecular formula is C13H28FNOSi. The van der Waals surface area contributed by atoms with Gasteiger partial charge in [-0.1, -0.05) is 13.3 Å². The predicted molar refractivity (Wildman–Crippen MR) is 73.4 cm³/mol. The van der Waals surface area contributed by atoms with Crippen molar-refractivity contribution in [3.8, 4) is 0 Å². The first-order valence-corrected chi connectivity index (χ1v) is 10.0. The van der Waals surface area contributed by atoms with Crippen LogP contribution in [0.4, 0.5) is 4.39 Å². The molecule has 2 nitrogen and oxygen atoms in total. The van der Waals surface area contributed by atoms with Crippen molar-refractivity contribution < 1.29 is 8.82 Å². The van der Waals surface area contributed by atoms with Gasteiger partial charge in [-0.15, -0.1) is 0 Å². The zero-order valence-electron chi connectivity index (χ0n) is 11.6. The van der Waals surface area contributed by atoms with Crippen molar-refractivity contribution in [2.24, 2.45) is 5.92 Å². The normalized spacial score (nSPS) is 20.5. The summed E-state index contributed by atoms with van der Waals surface area (Å²) in [5.74, 6) is 0.0748. The maximum atomic E-state index is 13.9. The van der Waals surface area contributed by atoms with E-state index in [0.717, 1.165) is 38.5 Å². The lowest BCUT2D eigenvalue weighted by Gasteiger charge is -2.28. The highest BCUT2D eigenvalue weighted by atomic mass is 28.4. The fourth-order valence-electron chi connectivity index (χ4n) is 2.35. The fraction of sp³-hybridized carbons (Fsp3) is 1.00. The molecule has 1 aliphatic rings. The Hall–Kier alpha value is 0.0669. The van der Waals surface area contributed by atoms with Gasteiger partial charge in [0.15, 0.2) is 0 Å². The number of halogens is 1. The molecule has 1 N–H and O–H groups in total. The molecule has 0 radical (unpaired) electrons. The van der Waals surface area contributed by atoms with E-state index in [1.54, 1.807) is 0 Å². The zero-order valence-corrected chi connectivity index (χ0v) is 12.6. The molecule has 1 saturated heterocycles. The molecule has 0 aromatic heterocycles. The molecule has 1 fully saturated rings. The number of rotatable bonds is 7. The third-order valence-electron chi connectivity index (χ3n) is 3.76. The van der Waals surface area contributed by atoms with Crippen LogP contribution in [0.3, 0.4) is 0 Å². The van der Waals surface area contributed by atoms with Crippen LogP contribution in [-0.2, 0) is 4.43 Å². The maximum absolute atomic E-state index is 13.9. The number of nitrogens with one attached hydrogen (secondary N) is 1. The van der Waals surface area contributed by atoms with Crippen LogP contribution >= 0.6 is 0 Å². The van der Waals surface area contributed by atoms with E-state index in [2.05, 4.69) is 5.32 Å². The summed E-state index contributed by atoms with van der Waals surface area (Å²) in [5, 5.41) is 3.36. The number of piperidine rings is 1. The molecular weight excluding hydrogens is 233 g/mol. The minimum absolute atomic E-state index is 0.659. The van der Waals surface area contributed by atoms with Gasteiger partial charge >= 0.3 is 0 Å². The molecule has 0 saturated carbocycles. The SMILES string of the molecule is CCCC(F)[Si](C)(C)OCCC1CCNCC1. The highest BCUT2D eigenvalue weighted by molar-refractivity contribution is 6.72. The molecule has 0 spiro atoms. The number of hydrogen-bond donors (Lipinski definition) is 1. The lowest BCUT2D eigenvalue weighted by atomic mass is 9.95. The van der Waals surface area contributed by atoms with Gasteiger partial charge in [-0.3, -0.25) is 0 Å². The van der Waals surface area contributed by atoms with Gasteiger partial charge in [0.2, 0.25) is 8.32 Å². The van der Waals surface area contributed by atoms with E-state index < -0.39 is 14.1 Å². The first-order valence-electron chi connectivity index (χ1n) is 7.05. The van der Waals surface area contributed by atoms with Gasteiger partial charge < -0.3 is 9.74 Å². The molecule has 1 unspecified atom stereocenters. The smallest absolute Gasteiger partial charge is 0.221 e. The Morgan fingerprint density at radius 2 is 2.00 bits per heavy atom. The van der Waals surface area contributed by atoms with Crippen molar-refractivity contribution in [3.63, 3.8) is 0 Å². The molecule has 1 heterocycles. The maximum Gasteiger partial charge on any atom is 0.221 e. The van der Waals surface area contributed by atoms with Crippen molar-refractivity contribution in [1.82, 2.24) is 5.32 Å². The summed E-state index contributed by atoms with van der Waals surface area (Å²) in [6.45, 7) is 9.08. The topological polar surface area (TPSA) is 21.3 Å². The van der Waals surface area contributed by atoms with Crippen molar-refractivity contribution in [2.75, 3.05) is 19.7 Å². The molecule has 1 rings (SSSR count). The van der Waals surface area contributed by atoms with Gasteiger partial charge in [-0.2, -0.15) is 0 Å². The summed E-state index contributed by atoms with van der Waals surface area (Å²) < 4.78 is 19.8. The summed E-state index contributed by atoms with van der Waals surface area (Å²) >= 11 is 0. The molecule has 0 aliphatic carbocycles. The minimum Gasteiger partial charge on any atom is -0.414 e. The molecule has 1 atom stereocenters. The Labute approximate surface area is 106 Å². The van der Waals surface area contributed by atoms with Gasteiger partial charge in [0.25, 0.3) is 0 Å². The second kappa shape index (κ2) is 7.49. The molecule has 102 valence electrons. The van der Waals surface area contributed by atoms with E-state index >= 15 is 0 Å². The van der Waals surface area contributed by atoms with Crippen molar-refractivity contribution >= 4 is 8.32 Å². The van der Waals surface area contributed by atoms with Crippen molar-refractivity contribution in [2.45, 2.75) is 57.9 Å². The fourth-order valence-corrected chi connectivity index (χ4v) is 4.16. The molecule has 4 heteroatoms. The second-order valence-electron chi connectivity index (χ2n) is 5.69. The van der Waals surface area contributed by atoms with E-state index in [-0.39, 0.29) is 0 Å². The molecule has 0 aromatic carbocycles. The average Bonchev–Trinajstić information content (AvgIpc) is 2.30. The van der Waals surface area contributed by atoms with E-state index in [0.29, 0.717) is 6.42 Å². The highest BCUT2D eigenvalue weighted by Gasteiger charge is 2.33. The Morgan fingerprint density at radius 1 is 1.35 bits per heavy atom. The first kappa shape index (κ1) is 15.1. The predicted octanol–water partition coefficient (Wildman–Crippen LogP) is 3.28. The van der Waals surface area contributed by atoms with E-state index in [1.807, 2.05) is 20.0 Å². The van der Waals surface area contributed by atoms with Crippen LogP contribution in [0, 0.1) is 5.92 Å².